The number of benzene rings is 2. The Balaban J connectivity index is 1.90. The summed E-state index contributed by atoms with van der Waals surface area (Å²) in [6.07, 6.45) is 0. The standard InChI is InChI=1S/C17H16ClN3O3S2/c1-10-8-14(24-3)9-11(2)15(10)26(22,23)21-17-20-19-16(25-17)12-4-6-13(18)7-5-12/h4-9H,1-3H3,(H,20,21). The van der Waals surface area contributed by atoms with E-state index in [9.17, 15) is 8.42 Å². The number of hydrogen-bond donors (Lipinski definition) is 1. The highest BCUT2D eigenvalue weighted by atomic mass is 35.5. The average molecular weight is 410 g/mol. The summed E-state index contributed by atoms with van der Waals surface area (Å²) in [6, 6.07) is 10.5. The molecule has 0 radical (unpaired) electrons. The van der Waals surface area contributed by atoms with E-state index in [0.717, 1.165) is 16.9 Å². The van der Waals surface area contributed by atoms with E-state index in [1.807, 2.05) is 0 Å². The Hall–Kier alpha value is -2.16. The number of halogens is 1. The van der Waals surface area contributed by atoms with Crippen LogP contribution in [0, 0.1) is 13.8 Å². The lowest BCUT2D eigenvalue weighted by atomic mass is 10.1. The Morgan fingerprint density at radius 3 is 2.27 bits per heavy atom. The smallest absolute Gasteiger partial charge is 0.264 e. The lowest BCUT2D eigenvalue weighted by Gasteiger charge is -2.12. The number of rotatable bonds is 5. The van der Waals surface area contributed by atoms with Crippen LogP contribution in [0.4, 0.5) is 5.13 Å². The van der Waals surface area contributed by atoms with Crippen molar-refractivity contribution in [2.75, 3.05) is 11.8 Å². The highest BCUT2D eigenvalue weighted by molar-refractivity contribution is 7.93. The third kappa shape index (κ3) is 3.82. The van der Waals surface area contributed by atoms with Crippen molar-refractivity contribution in [1.82, 2.24) is 10.2 Å². The molecule has 0 fully saturated rings. The van der Waals surface area contributed by atoms with E-state index in [1.165, 1.54) is 0 Å². The number of sulfonamides is 1. The van der Waals surface area contributed by atoms with Crippen LogP contribution in [-0.2, 0) is 10.0 Å². The fourth-order valence-electron chi connectivity index (χ4n) is 2.59. The number of nitrogens with one attached hydrogen (secondary N) is 1. The number of hydrogen-bond acceptors (Lipinski definition) is 6. The molecule has 3 aromatic rings. The summed E-state index contributed by atoms with van der Waals surface area (Å²) in [7, 11) is -2.25. The predicted molar refractivity (Wildman–Crippen MR) is 104 cm³/mol. The summed E-state index contributed by atoms with van der Waals surface area (Å²) >= 11 is 7.03. The monoisotopic (exact) mass is 409 g/mol. The van der Waals surface area contributed by atoms with E-state index in [0.29, 0.717) is 26.9 Å². The van der Waals surface area contributed by atoms with Gasteiger partial charge in [-0.2, -0.15) is 0 Å². The maximum absolute atomic E-state index is 12.8. The SMILES string of the molecule is COc1cc(C)c(S(=O)(=O)Nc2nnc(-c3ccc(Cl)cc3)s2)c(C)c1. The van der Waals surface area contributed by atoms with Crippen LogP contribution in [0.1, 0.15) is 11.1 Å². The second-order valence-electron chi connectivity index (χ2n) is 5.62. The van der Waals surface area contributed by atoms with Gasteiger partial charge < -0.3 is 4.74 Å². The van der Waals surface area contributed by atoms with Crippen LogP contribution in [0.25, 0.3) is 10.6 Å². The molecule has 0 aliphatic rings. The minimum atomic E-state index is -3.79. The predicted octanol–water partition coefficient (Wildman–Crippen LogP) is 4.28. The molecule has 9 heteroatoms. The molecule has 136 valence electrons. The molecule has 3 rings (SSSR count). The summed E-state index contributed by atoms with van der Waals surface area (Å²) in [5, 5.41) is 9.40. The highest BCUT2D eigenvalue weighted by Crippen LogP contribution is 2.31. The van der Waals surface area contributed by atoms with Crippen molar-refractivity contribution >= 4 is 38.1 Å². The van der Waals surface area contributed by atoms with Crippen molar-refractivity contribution in [3.63, 3.8) is 0 Å². The van der Waals surface area contributed by atoms with Gasteiger partial charge in [0.05, 0.1) is 12.0 Å². The number of anilines is 1. The Morgan fingerprint density at radius 2 is 1.69 bits per heavy atom. The van der Waals surface area contributed by atoms with E-state index in [-0.39, 0.29) is 10.0 Å². The van der Waals surface area contributed by atoms with Crippen molar-refractivity contribution in [3.05, 3.63) is 52.5 Å². The minimum Gasteiger partial charge on any atom is -0.497 e. The van der Waals surface area contributed by atoms with Gasteiger partial charge in [0.25, 0.3) is 10.0 Å². The van der Waals surface area contributed by atoms with Gasteiger partial charge in [-0.1, -0.05) is 35.1 Å². The van der Waals surface area contributed by atoms with Gasteiger partial charge in [0.1, 0.15) is 10.8 Å². The molecule has 0 unspecified atom stereocenters. The summed E-state index contributed by atoms with van der Waals surface area (Å²) in [5.41, 5.74) is 2.00. The molecule has 0 aliphatic heterocycles. The molecule has 26 heavy (non-hydrogen) atoms. The van der Waals surface area contributed by atoms with Crippen LogP contribution in [0.15, 0.2) is 41.3 Å². The number of nitrogens with zero attached hydrogens (tertiary/aromatic N) is 2. The van der Waals surface area contributed by atoms with E-state index in [4.69, 9.17) is 16.3 Å². The first kappa shape index (κ1) is 18.6. The van der Waals surface area contributed by atoms with Crippen LogP contribution in [0.2, 0.25) is 5.02 Å². The van der Waals surface area contributed by atoms with Gasteiger partial charge in [-0.3, -0.25) is 4.72 Å². The zero-order valence-electron chi connectivity index (χ0n) is 14.3. The van der Waals surface area contributed by atoms with Crippen LogP contribution < -0.4 is 9.46 Å². The normalized spacial score (nSPS) is 11.4. The number of aromatic nitrogens is 2. The van der Waals surface area contributed by atoms with Gasteiger partial charge in [0.15, 0.2) is 0 Å². The molecular weight excluding hydrogens is 394 g/mol. The van der Waals surface area contributed by atoms with E-state index >= 15 is 0 Å². The maximum Gasteiger partial charge on any atom is 0.264 e. The topological polar surface area (TPSA) is 81.2 Å². The van der Waals surface area contributed by atoms with E-state index in [1.54, 1.807) is 57.4 Å². The van der Waals surface area contributed by atoms with Gasteiger partial charge in [-0.05, 0) is 49.2 Å². The maximum atomic E-state index is 12.8. The molecule has 0 saturated heterocycles. The van der Waals surface area contributed by atoms with Crippen molar-refractivity contribution in [2.45, 2.75) is 18.7 Å². The molecule has 6 nitrogen and oxygen atoms in total. The zero-order valence-corrected chi connectivity index (χ0v) is 16.7. The second kappa shape index (κ2) is 7.22. The molecule has 0 spiro atoms. The summed E-state index contributed by atoms with van der Waals surface area (Å²) in [5.74, 6) is 0.611. The van der Waals surface area contributed by atoms with Crippen LogP contribution in [-0.4, -0.2) is 25.7 Å². The van der Waals surface area contributed by atoms with Crippen LogP contribution in [0.3, 0.4) is 0 Å². The number of ether oxygens (including phenoxy) is 1. The van der Waals surface area contributed by atoms with Gasteiger partial charge >= 0.3 is 0 Å². The minimum absolute atomic E-state index is 0.199. The molecule has 0 bridgehead atoms. The Bertz CT molecular complexity index is 1020. The molecular formula is C17H16ClN3O3S2. The van der Waals surface area contributed by atoms with E-state index in [2.05, 4.69) is 14.9 Å². The summed E-state index contributed by atoms with van der Waals surface area (Å²) < 4.78 is 33.3. The first-order chi connectivity index (χ1) is 12.3. The van der Waals surface area contributed by atoms with Gasteiger partial charge in [-0.25, -0.2) is 8.42 Å². The first-order valence-corrected chi connectivity index (χ1v) is 10.3. The average Bonchev–Trinajstić information content (AvgIpc) is 3.02. The van der Waals surface area contributed by atoms with Crippen molar-refractivity contribution < 1.29 is 13.2 Å². The van der Waals surface area contributed by atoms with Crippen LogP contribution >= 0.6 is 22.9 Å². The fourth-order valence-corrected chi connectivity index (χ4v) is 5.15. The summed E-state index contributed by atoms with van der Waals surface area (Å²) in [6.45, 7) is 3.45. The van der Waals surface area contributed by atoms with Gasteiger partial charge in [0, 0.05) is 10.6 Å². The third-order valence-electron chi connectivity index (χ3n) is 3.68. The number of methoxy groups -OCH3 is 1. The van der Waals surface area contributed by atoms with E-state index < -0.39 is 10.0 Å². The highest BCUT2D eigenvalue weighted by Gasteiger charge is 2.22. The van der Waals surface area contributed by atoms with Crippen LogP contribution in [0.5, 0.6) is 5.75 Å². The summed E-state index contributed by atoms with van der Waals surface area (Å²) in [4.78, 5) is 0.210. The quantitative estimate of drug-likeness (QED) is 0.679. The van der Waals surface area contributed by atoms with Gasteiger partial charge in [-0.15, -0.1) is 10.2 Å². The molecule has 0 aliphatic carbocycles. The molecule has 1 heterocycles. The molecule has 0 saturated carbocycles. The molecule has 2 aromatic carbocycles. The zero-order chi connectivity index (χ0) is 18.9. The van der Waals surface area contributed by atoms with Crippen molar-refractivity contribution in [3.8, 4) is 16.3 Å². The molecule has 1 aromatic heterocycles. The lowest BCUT2D eigenvalue weighted by Crippen LogP contribution is -2.15. The van der Waals surface area contributed by atoms with Crippen molar-refractivity contribution in [2.24, 2.45) is 0 Å². The van der Waals surface area contributed by atoms with Crippen molar-refractivity contribution in [1.29, 1.82) is 0 Å². The second-order valence-corrected chi connectivity index (χ2v) is 8.65. The largest absolute Gasteiger partial charge is 0.497 e. The lowest BCUT2D eigenvalue weighted by molar-refractivity contribution is 0.413. The first-order valence-electron chi connectivity index (χ1n) is 7.57. The Morgan fingerprint density at radius 1 is 1.08 bits per heavy atom. The molecule has 0 amide bonds. The number of aryl methyl sites for hydroxylation is 2. The Labute approximate surface area is 160 Å². The Kier molecular flexibility index (Phi) is 5.17. The molecule has 0 atom stereocenters. The molecule has 1 N–H and O–H groups in total. The fraction of sp³-hybridized carbons (Fsp3) is 0.176. The third-order valence-corrected chi connectivity index (χ3v) is 6.59. The van der Waals surface area contributed by atoms with Gasteiger partial charge in [0.2, 0.25) is 5.13 Å².